The lowest BCUT2D eigenvalue weighted by atomic mass is 9.95. The number of hydrogen-bond donors (Lipinski definition) is 0. The number of benzene rings is 1. The number of hydrogen-bond acceptors (Lipinski definition) is 2. The third-order valence-electron chi connectivity index (χ3n) is 3.59. The lowest BCUT2D eigenvalue weighted by Crippen LogP contribution is -2.22. The van der Waals surface area contributed by atoms with Gasteiger partial charge in [-0.3, -0.25) is 0 Å². The van der Waals surface area contributed by atoms with Gasteiger partial charge in [-0.2, -0.15) is 5.26 Å². The SMILES string of the molecule is CC(C)C1CCN(c2cc(Br)ccc2C#N)C1. The lowest BCUT2D eigenvalue weighted by Gasteiger charge is -2.21. The van der Waals surface area contributed by atoms with Crippen molar-refractivity contribution >= 4 is 21.6 Å². The first-order valence-corrected chi connectivity index (χ1v) is 6.85. The van der Waals surface area contributed by atoms with E-state index in [1.807, 2.05) is 12.1 Å². The first-order valence-electron chi connectivity index (χ1n) is 6.06. The van der Waals surface area contributed by atoms with Crippen molar-refractivity contribution in [3.63, 3.8) is 0 Å². The third kappa shape index (κ3) is 2.63. The van der Waals surface area contributed by atoms with Crippen molar-refractivity contribution in [1.82, 2.24) is 0 Å². The minimum absolute atomic E-state index is 0.720. The Kier molecular flexibility index (Phi) is 3.73. The summed E-state index contributed by atoms with van der Waals surface area (Å²) in [5.41, 5.74) is 1.85. The summed E-state index contributed by atoms with van der Waals surface area (Å²) in [7, 11) is 0. The van der Waals surface area contributed by atoms with Crippen LogP contribution in [0, 0.1) is 23.2 Å². The summed E-state index contributed by atoms with van der Waals surface area (Å²) in [5.74, 6) is 1.47. The van der Waals surface area contributed by atoms with Crippen LogP contribution in [0.25, 0.3) is 0 Å². The van der Waals surface area contributed by atoms with Crippen molar-refractivity contribution in [2.24, 2.45) is 11.8 Å². The molecule has 1 aliphatic heterocycles. The predicted molar refractivity (Wildman–Crippen MR) is 74.0 cm³/mol. The van der Waals surface area contributed by atoms with E-state index in [2.05, 4.69) is 46.8 Å². The smallest absolute Gasteiger partial charge is 0.101 e. The fourth-order valence-corrected chi connectivity index (χ4v) is 2.76. The fourth-order valence-electron chi connectivity index (χ4n) is 2.41. The zero-order valence-corrected chi connectivity index (χ0v) is 11.9. The van der Waals surface area contributed by atoms with Crippen molar-refractivity contribution in [2.75, 3.05) is 18.0 Å². The van der Waals surface area contributed by atoms with Crippen LogP contribution in [0.3, 0.4) is 0 Å². The molecule has 2 nitrogen and oxygen atoms in total. The molecule has 0 N–H and O–H groups in total. The molecule has 3 heteroatoms. The van der Waals surface area contributed by atoms with Crippen LogP contribution in [0.5, 0.6) is 0 Å². The highest BCUT2D eigenvalue weighted by Gasteiger charge is 2.26. The molecule has 0 aliphatic carbocycles. The zero-order chi connectivity index (χ0) is 12.4. The van der Waals surface area contributed by atoms with E-state index in [1.165, 1.54) is 6.42 Å². The second kappa shape index (κ2) is 5.10. The summed E-state index contributed by atoms with van der Waals surface area (Å²) < 4.78 is 1.04. The van der Waals surface area contributed by atoms with Gasteiger partial charge in [-0.05, 0) is 36.5 Å². The van der Waals surface area contributed by atoms with E-state index in [-0.39, 0.29) is 0 Å². The van der Waals surface area contributed by atoms with Gasteiger partial charge in [0.2, 0.25) is 0 Å². The average molecular weight is 293 g/mol. The Morgan fingerprint density at radius 3 is 2.82 bits per heavy atom. The molecule has 1 fully saturated rings. The first kappa shape index (κ1) is 12.4. The molecule has 0 saturated carbocycles. The lowest BCUT2D eigenvalue weighted by molar-refractivity contribution is 0.423. The van der Waals surface area contributed by atoms with Gasteiger partial charge >= 0.3 is 0 Å². The molecular weight excluding hydrogens is 276 g/mol. The minimum Gasteiger partial charge on any atom is -0.370 e. The molecule has 1 unspecified atom stereocenters. The van der Waals surface area contributed by atoms with E-state index < -0.39 is 0 Å². The molecule has 0 aromatic heterocycles. The molecule has 90 valence electrons. The Morgan fingerprint density at radius 2 is 2.24 bits per heavy atom. The summed E-state index contributed by atoms with van der Waals surface area (Å²) in [6, 6.07) is 8.16. The number of anilines is 1. The van der Waals surface area contributed by atoms with E-state index in [4.69, 9.17) is 5.26 Å². The Morgan fingerprint density at radius 1 is 1.47 bits per heavy atom. The molecule has 0 bridgehead atoms. The van der Waals surface area contributed by atoms with Crippen LogP contribution in [0.2, 0.25) is 0 Å². The van der Waals surface area contributed by atoms with Crippen LogP contribution in [0.1, 0.15) is 25.8 Å². The van der Waals surface area contributed by atoms with Gasteiger partial charge in [-0.25, -0.2) is 0 Å². The van der Waals surface area contributed by atoms with E-state index in [9.17, 15) is 0 Å². The molecular formula is C14H17BrN2. The maximum absolute atomic E-state index is 9.15. The zero-order valence-electron chi connectivity index (χ0n) is 10.3. The number of halogens is 1. The van der Waals surface area contributed by atoms with Crippen LogP contribution >= 0.6 is 15.9 Å². The van der Waals surface area contributed by atoms with Gasteiger partial charge in [0.1, 0.15) is 6.07 Å². The van der Waals surface area contributed by atoms with E-state index in [0.717, 1.165) is 40.6 Å². The fraction of sp³-hybridized carbons (Fsp3) is 0.500. The summed E-state index contributed by atoms with van der Waals surface area (Å²) in [6.45, 7) is 6.69. The molecule has 1 atom stereocenters. The largest absolute Gasteiger partial charge is 0.370 e. The van der Waals surface area contributed by atoms with Crippen LogP contribution in [0.15, 0.2) is 22.7 Å². The van der Waals surface area contributed by atoms with Crippen molar-refractivity contribution in [2.45, 2.75) is 20.3 Å². The normalized spacial score (nSPS) is 19.7. The summed E-state index contributed by atoms with van der Waals surface area (Å²) in [6.07, 6.45) is 1.23. The van der Waals surface area contributed by atoms with E-state index in [0.29, 0.717) is 0 Å². The molecule has 1 aliphatic rings. The van der Waals surface area contributed by atoms with Gasteiger partial charge in [-0.15, -0.1) is 0 Å². The maximum Gasteiger partial charge on any atom is 0.101 e. The van der Waals surface area contributed by atoms with Crippen LogP contribution < -0.4 is 4.90 Å². The highest BCUT2D eigenvalue weighted by Crippen LogP contribution is 2.31. The van der Waals surface area contributed by atoms with Crippen molar-refractivity contribution in [3.05, 3.63) is 28.2 Å². The van der Waals surface area contributed by atoms with Gasteiger partial charge in [0.05, 0.1) is 11.3 Å². The molecule has 17 heavy (non-hydrogen) atoms. The average Bonchev–Trinajstić information content (AvgIpc) is 2.78. The van der Waals surface area contributed by atoms with Gasteiger partial charge in [0.25, 0.3) is 0 Å². The van der Waals surface area contributed by atoms with Crippen LogP contribution in [-0.2, 0) is 0 Å². The maximum atomic E-state index is 9.15. The van der Waals surface area contributed by atoms with Gasteiger partial charge < -0.3 is 4.90 Å². The molecule has 0 amide bonds. The molecule has 0 radical (unpaired) electrons. The highest BCUT2D eigenvalue weighted by atomic mass is 79.9. The van der Waals surface area contributed by atoms with Crippen LogP contribution in [-0.4, -0.2) is 13.1 Å². The topological polar surface area (TPSA) is 27.0 Å². The molecule has 1 heterocycles. The van der Waals surface area contributed by atoms with Crippen molar-refractivity contribution in [1.29, 1.82) is 5.26 Å². The van der Waals surface area contributed by atoms with Gasteiger partial charge in [0, 0.05) is 17.6 Å². The highest BCUT2D eigenvalue weighted by molar-refractivity contribution is 9.10. The van der Waals surface area contributed by atoms with Crippen molar-refractivity contribution < 1.29 is 0 Å². The van der Waals surface area contributed by atoms with E-state index in [1.54, 1.807) is 0 Å². The molecule has 1 saturated heterocycles. The standard InChI is InChI=1S/C14H17BrN2/c1-10(2)12-5-6-17(9-12)14-7-13(15)4-3-11(14)8-16/h3-4,7,10,12H,5-6,9H2,1-2H3. The summed E-state index contributed by atoms with van der Waals surface area (Å²) in [4.78, 5) is 2.34. The predicted octanol–water partition coefficient (Wildman–Crippen LogP) is 3.80. The second-order valence-corrected chi connectivity index (χ2v) is 5.93. The van der Waals surface area contributed by atoms with Gasteiger partial charge in [-0.1, -0.05) is 29.8 Å². The Bertz CT molecular complexity index is 448. The molecule has 1 aromatic rings. The monoisotopic (exact) mass is 292 g/mol. The number of rotatable bonds is 2. The Labute approximate surface area is 111 Å². The third-order valence-corrected chi connectivity index (χ3v) is 4.08. The Balaban J connectivity index is 2.24. The molecule has 1 aromatic carbocycles. The van der Waals surface area contributed by atoms with Crippen molar-refractivity contribution in [3.8, 4) is 6.07 Å². The quantitative estimate of drug-likeness (QED) is 0.829. The summed E-state index contributed by atoms with van der Waals surface area (Å²) in [5, 5.41) is 9.15. The Hall–Kier alpha value is -1.01. The van der Waals surface area contributed by atoms with E-state index >= 15 is 0 Å². The molecule has 0 spiro atoms. The number of nitriles is 1. The van der Waals surface area contributed by atoms with Gasteiger partial charge in [0.15, 0.2) is 0 Å². The number of nitrogens with zero attached hydrogens (tertiary/aromatic N) is 2. The first-order chi connectivity index (χ1) is 8.11. The molecule has 2 rings (SSSR count). The second-order valence-electron chi connectivity index (χ2n) is 5.01. The van der Waals surface area contributed by atoms with Crippen LogP contribution in [0.4, 0.5) is 5.69 Å². The minimum atomic E-state index is 0.720. The summed E-state index contributed by atoms with van der Waals surface area (Å²) >= 11 is 3.48.